The van der Waals surface area contributed by atoms with Crippen molar-refractivity contribution in [3.63, 3.8) is 0 Å². The SMILES string of the molecule is Cc1ccc(C(Br)c2ccc3c(c2)CC(C)(C)O3)cc1Cl. The van der Waals surface area contributed by atoms with Crippen LogP contribution >= 0.6 is 27.5 Å². The number of rotatable bonds is 2. The van der Waals surface area contributed by atoms with E-state index >= 15 is 0 Å². The highest BCUT2D eigenvalue weighted by Gasteiger charge is 2.30. The minimum Gasteiger partial charge on any atom is -0.487 e. The van der Waals surface area contributed by atoms with Crippen molar-refractivity contribution in [2.45, 2.75) is 37.6 Å². The smallest absolute Gasteiger partial charge is 0.123 e. The van der Waals surface area contributed by atoms with Crippen LogP contribution in [0.25, 0.3) is 0 Å². The Morgan fingerprint density at radius 3 is 2.52 bits per heavy atom. The highest BCUT2D eigenvalue weighted by molar-refractivity contribution is 9.09. The maximum Gasteiger partial charge on any atom is 0.123 e. The topological polar surface area (TPSA) is 9.23 Å². The number of hydrogen-bond acceptors (Lipinski definition) is 1. The summed E-state index contributed by atoms with van der Waals surface area (Å²) in [6.07, 6.45) is 0.949. The van der Waals surface area contributed by atoms with Crippen molar-refractivity contribution < 1.29 is 4.74 Å². The van der Waals surface area contributed by atoms with E-state index in [0.29, 0.717) is 0 Å². The Morgan fingerprint density at radius 1 is 1.14 bits per heavy atom. The van der Waals surface area contributed by atoms with Gasteiger partial charge in [0.05, 0.1) is 4.83 Å². The molecule has 21 heavy (non-hydrogen) atoms. The van der Waals surface area contributed by atoms with Crippen molar-refractivity contribution in [3.05, 3.63) is 63.7 Å². The van der Waals surface area contributed by atoms with E-state index in [2.05, 4.69) is 60.1 Å². The second-order valence-electron chi connectivity index (χ2n) is 6.28. The van der Waals surface area contributed by atoms with E-state index in [1.54, 1.807) is 0 Å². The first kappa shape index (κ1) is 14.9. The average molecular weight is 366 g/mol. The molecule has 2 aromatic rings. The van der Waals surface area contributed by atoms with E-state index in [1.165, 1.54) is 16.7 Å². The average Bonchev–Trinajstić information content (AvgIpc) is 2.73. The van der Waals surface area contributed by atoms with Crippen LogP contribution in [0.2, 0.25) is 5.02 Å². The van der Waals surface area contributed by atoms with Gasteiger partial charge in [-0.05, 0) is 55.2 Å². The molecule has 0 aliphatic carbocycles. The summed E-state index contributed by atoms with van der Waals surface area (Å²) >= 11 is 10.0. The summed E-state index contributed by atoms with van der Waals surface area (Å²) in [5, 5.41) is 0.808. The maximum atomic E-state index is 6.24. The standard InChI is InChI=1S/C18H18BrClO/c1-11-4-5-13(9-15(11)20)17(19)12-6-7-16-14(8-12)10-18(2,3)21-16/h4-9,17H,10H2,1-3H3. The largest absolute Gasteiger partial charge is 0.487 e. The van der Waals surface area contributed by atoms with Crippen molar-refractivity contribution in [2.75, 3.05) is 0 Å². The van der Waals surface area contributed by atoms with E-state index in [9.17, 15) is 0 Å². The van der Waals surface area contributed by atoms with Crippen LogP contribution in [0.15, 0.2) is 36.4 Å². The van der Waals surface area contributed by atoms with E-state index in [-0.39, 0.29) is 10.4 Å². The Hall–Kier alpha value is -0.990. The molecule has 0 amide bonds. The van der Waals surface area contributed by atoms with Crippen molar-refractivity contribution in [1.29, 1.82) is 0 Å². The highest BCUT2D eigenvalue weighted by Crippen LogP contribution is 2.39. The predicted molar refractivity (Wildman–Crippen MR) is 91.8 cm³/mol. The third-order valence-electron chi connectivity index (χ3n) is 3.87. The van der Waals surface area contributed by atoms with Crippen LogP contribution in [-0.2, 0) is 6.42 Å². The third kappa shape index (κ3) is 2.97. The zero-order valence-corrected chi connectivity index (χ0v) is 14.8. The van der Waals surface area contributed by atoms with Crippen molar-refractivity contribution >= 4 is 27.5 Å². The molecule has 2 aromatic carbocycles. The molecule has 0 N–H and O–H groups in total. The van der Waals surface area contributed by atoms with Gasteiger partial charge in [-0.2, -0.15) is 0 Å². The van der Waals surface area contributed by atoms with Gasteiger partial charge >= 0.3 is 0 Å². The van der Waals surface area contributed by atoms with Gasteiger partial charge < -0.3 is 4.74 Å². The normalized spacial score (nSPS) is 17.2. The van der Waals surface area contributed by atoms with Gasteiger partial charge in [0.15, 0.2) is 0 Å². The minimum absolute atomic E-state index is 0.101. The first-order chi connectivity index (χ1) is 9.85. The van der Waals surface area contributed by atoms with Gasteiger partial charge in [-0.15, -0.1) is 0 Å². The Bertz CT molecular complexity index is 694. The first-order valence-electron chi connectivity index (χ1n) is 7.08. The van der Waals surface area contributed by atoms with Crippen LogP contribution in [0.4, 0.5) is 0 Å². The van der Waals surface area contributed by atoms with Crippen molar-refractivity contribution in [2.24, 2.45) is 0 Å². The highest BCUT2D eigenvalue weighted by atomic mass is 79.9. The summed E-state index contributed by atoms with van der Waals surface area (Å²) in [6, 6.07) is 12.6. The van der Waals surface area contributed by atoms with Gasteiger partial charge in [-0.1, -0.05) is 51.8 Å². The second kappa shape index (κ2) is 5.33. The van der Waals surface area contributed by atoms with Gasteiger partial charge in [0.25, 0.3) is 0 Å². The molecule has 0 fully saturated rings. The van der Waals surface area contributed by atoms with E-state index in [0.717, 1.165) is 22.8 Å². The lowest BCUT2D eigenvalue weighted by atomic mass is 9.97. The zero-order chi connectivity index (χ0) is 15.2. The van der Waals surface area contributed by atoms with Crippen LogP contribution in [-0.4, -0.2) is 5.60 Å². The molecular weight excluding hydrogens is 348 g/mol. The minimum atomic E-state index is -0.101. The quantitative estimate of drug-likeness (QED) is 0.607. The summed E-state index contributed by atoms with van der Waals surface area (Å²) in [5.41, 5.74) is 4.68. The van der Waals surface area contributed by atoms with Crippen LogP contribution < -0.4 is 4.74 Å². The molecule has 1 aliphatic rings. The van der Waals surface area contributed by atoms with Crippen molar-refractivity contribution in [1.82, 2.24) is 0 Å². The van der Waals surface area contributed by atoms with Gasteiger partial charge in [0.2, 0.25) is 0 Å². The van der Waals surface area contributed by atoms with Crippen LogP contribution in [0.5, 0.6) is 5.75 Å². The predicted octanol–water partition coefficient (Wildman–Crippen LogP) is 5.85. The molecule has 3 heteroatoms. The molecular formula is C18H18BrClO. The molecule has 0 saturated carbocycles. The monoisotopic (exact) mass is 364 g/mol. The Kier molecular flexibility index (Phi) is 3.79. The van der Waals surface area contributed by atoms with Gasteiger partial charge in [0, 0.05) is 11.4 Å². The number of fused-ring (bicyclic) bond motifs is 1. The summed E-state index contributed by atoms with van der Waals surface area (Å²) in [5.74, 6) is 1.00. The number of alkyl halides is 1. The summed E-state index contributed by atoms with van der Waals surface area (Å²) in [6.45, 7) is 6.26. The summed E-state index contributed by atoms with van der Waals surface area (Å²) in [4.78, 5) is 0.143. The number of aryl methyl sites for hydroxylation is 1. The fraction of sp³-hybridized carbons (Fsp3) is 0.333. The fourth-order valence-corrected chi connectivity index (χ4v) is 3.50. The summed E-state index contributed by atoms with van der Waals surface area (Å²) < 4.78 is 5.93. The van der Waals surface area contributed by atoms with E-state index < -0.39 is 0 Å². The molecule has 0 bridgehead atoms. The molecule has 0 spiro atoms. The molecule has 1 heterocycles. The van der Waals surface area contributed by atoms with Crippen molar-refractivity contribution in [3.8, 4) is 5.75 Å². The molecule has 0 radical (unpaired) electrons. The van der Waals surface area contributed by atoms with Crippen LogP contribution in [0.3, 0.4) is 0 Å². The van der Waals surface area contributed by atoms with Gasteiger partial charge in [-0.25, -0.2) is 0 Å². The molecule has 3 rings (SSSR count). The zero-order valence-electron chi connectivity index (χ0n) is 12.4. The van der Waals surface area contributed by atoms with E-state index in [1.807, 2.05) is 13.0 Å². The Morgan fingerprint density at radius 2 is 1.81 bits per heavy atom. The Balaban J connectivity index is 1.93. The molecule has 1 atom stereocenters. The number of benzene rings is 2. The number of halogens is 2. The van der Waals surface area contributed by atoms with Crippen LogP contribution in [0.1, 0.15) is 40.9 Å². The maximum absolute atomic E-state index is 6.24. The molecule has 1 nitrogen and oxygen atoms in total. The van der Waals surface area contributed by atoms with Crippen LogP contribution in [0, 0.1) is 6.92 Å². The molecule has 0 aromatic heterocycles. The molecule has 1 aliphatic heterocycles. The first-order valence-corrected chi connectivity index (χ1v) is 8.37. The summed E-state index contributed by atoms with van der Waals surface area (Å²) in [7, 11) is 0. The Labute approximate surface area is 139 Å². The number of hydrogen-bond donors (Lipinski definition) is 0. The lowest BCUT2D eigenvalue weighted by Crippen LogP contribution is -2.24. The molecule has 110 valence electrons. The lowest BCUT2D eigenvalue weighted by Gasteiger charge is -2.16. The van der Waals surface area contributed by atoms with E-state index in [4.69, 9.17) is 16.3 Å². The number of ether oxygens (including phenoxy) is 1. The lowest BCUT2D eigenvalue weighted by molar-refractivity contribution is 0.138. The molecule has 0 saturated heterocycles. The van der Waals surface area contributed by atoms with Gasteiger partial charge in [-0.3, -0.25) is 0 Å². The fourth-order valence-electron chi connectivity index (χ4n) is 2.75. The second-order valence-corrected chi connectivity index (χ2v) is 7.60. The third-order valence-corrected chi connectivity index (χ3v) is 5.33. The molecule has 1 unspecified atom stereocenters. The van der Waals surface area contributed by atoms with Gasteiger partial charge in [0.1, 0.15) is 11.4 Å².